The maximum Gasteiger partial charge on any atom is 0.491 e. The van der Waals surface area contributed by atoms with Crippen LogP contribution in [0.5, 0.6) is 0 Å². The molecular weight excluding hydrogens is 377 g/mol. The summed E-state index contributed by atoms with van der Waals surface area (Å²) in [4.78, 5) is 12.7. The highest BCUT2D eigenvalue weighted by Gasteiger charge is 2.27. The van der Waals surface area contributed by atoms with Gasteiger partial charge in [-0.2, -0.15) is 0 Å². The van der Waals surface area contributed by atoms with Crippen molar-refractivity contribution < 1.29 is 18.7 Å². The lowest BCUT2D eigenvalue weighted by atomic mass is 9.79. The summed E-state index contributed by atoms with van der Waals surface area (Å²) in [5, 5.41) is 12.7. The Morgan fingerprint density at radius 3 is 2.86 bits per heavy atom. The zero-order valence-electron chi connectivity index (χ0n) is 15.9. The van der Waals surface area contributed by atoms with Crippen LogP contribution in [-0.4, -0.2) is 28.8 Å². The van der Waals surface area contributed by atoms with Gasteiger partial charge >= 0.3 is 7.12 Å². The van der Waals surface area contributed by atoms with Crippen LogP contribution in [0.1, 0.15) is 25.0 Å². The number of carbonyl (C=O) groups is 1. The Hall–Kier alpha value is -2.36. The smallest absolute Gasteiger partial charge is 0.423 e. The summed E-state index contributed by atoms with van der Waals surface area (Å²) in [6.45, 7) is 4.97. The fourth-order valence-electron chi connectivity index (χ4n) is 2.91. The van der Waals surface area contributed by atoms with E-state index in [1.165, 1.54) is 0 Å². The first-order valence-electron chi connectivity index (χ1n) is 9.09. The molecule has 0 aromatic heterocycles. The lowest BCUT2D eigenvalue weighted by molar-refractivity contribution is -0.120. The summed E-state index contributed by atoms with van der Waals surface area (Å²) in [7, 11) is -2.57. The summed E-state index contributed by atoms with van der Waals surface area (Å²) in [5.41, 5.74) is 9.13. The number of rotatable bonds is 7. The number of hydrogen-bond donors (Lipinski definition) is 4. The van der Waals surface area contributed by atoms with Crippen molar-refractivity contribution in [1.82, 2.24) is 5.32 Å². The number of benzene rings is 2. The van der Waals surface area contributed by atoms with E-state index in [1.54, 1.807) is 30.3 Å². The molecule has 148 valence electrons. The van der Waals surface area contributed by atoms with Gasteiger partial charge in [0.25, 0.3) is 0 Å². The molecule has 1 aliphatic rings. The first-order chi connectivity index (χ1) is 13.3. The summed E-state index contributed by atoms with van der Waals surface area (Å²) in [6.07, 6.45) is 0.0945. The van der Waals surface area contributed by atoms with Crippen molar-refractivity contribution >= 4 is 40.8 Å². The number of fused-ring (bicyclic) bond motifs is 1. The Bertz CT molecular complexity index is 907. The number of hydrogen-bond acceptors (Lipinski definition) is 5. The molecule has 28 heavy (non-hydrogen) atoms. The van der Waals surface area contributed by atoms with Gasteiger partial charge in [0.1, 0.15) is 0 Å². The van der Waals surface area contributed by atoms with Crippen molar-refractivity contribution in [3.05, 3.63) is 47.5 Å². The molecule has 0 bridgehead atoms. The van der Waals surface area contributed by atoms with E-state index in [1.807, 2.05) is 19.9 Å². The number of anilines is 2. The van der Waals surface area contributed by atoms with E-state index in [0.29, 0.717) is 46.4 Å². The SMILES string of the molecule is CC(C)CNC(=O)Cc1cc(N)ccc1S(=O)Nc1ccc2c(c1)B(O)OC2. The molecule has 1 heterocycles. The van der Waals surface area contributed by atoms with E-state index in [4.69, 9.17) is 10.4 Å². The van der Waals surface area contributed by atoms with E-state index in [9.17, 15) is 14.0 Å². The Morgan fingerprint density at radius 2 is 2.11 bits per heavy atom. The highest BCUT2D eigenvalue weighted by Crippen LogP contribution is 2.21. The highest BCUT2D eigenvalue weighted by atomic mass is 32.2. The Morgan fingerprint density at radius 1 is 1.32 bits per heavy atom. The van der Waals surface area contributed by atoms with Crippen LogP contribution in [-0.2, 0) is 33.5 Å². The van der Waals surface area contributed by atoms with E-state index >= 15 is 0 Å². The third-order valence-electron chi connectivity index (χ3n) is 4.36. The van der Waals surface area contributed by atoms with Gasteiger partial charge in [0.15, 0.2) is 11.0 Å². The van der Waals surface area contributed by atoms with Gasteiger partial charge in [0.05, 0.1) is 17.9 Å². The van der Waals surface area contributed by atoms with Gasteiger partial charge in [-0.3, -0.25) is 4.79 Å². The molecule has 0 saturated heterocycles. The molecule has 5 N–H and O–H groups in total. The van der Waals surface area contributed by atoms with Gasteiger partial charge in [-0.15, -0.1) is 0 Å². The largest absolute Gasteiger partial charge is 0.491 e. The molecule has 3 rings (SSSR count). The fraction of sp³-hybridized carbons (Fsp3) is 0.316. The number of nitrogens with one attached hydrogen (secondary N) is 2. The molecule has 9 heteroatoms. The van der Waals surface area contributed by atoms with Crippen molar-refractivity contribution in [3.8, 4) is 0 Å². The summed E-state index contributed by atoms with van der Waals surface area (Å²) in [6, 6.07) is 10.3. The van der Waals surface area contributed by atoms with Crippen LogP contribution in [0.3, 0.4) is 0 Å². The van der Waals surface area contributed by atoms with Crippen molar-refractivity contribution in [3.63, 3.8) is 0 Å². The van der Waals surface area contributed by atoms with E-state index in [-0.39, 0.29) is 12.3 Å². The van der Waals surface area contributed by atoms with Gasteiger partial charge in [0.2, 0.25) is 5.91 Å². The van der Waals surface area contributed by atoms with E-state index < -0.39 is 18.1 Å². The Kier molecular flexibility index (Phi) is 6.38. The zero-order chi connectivity index (χ0) is 20.3. The van der Waals surface area contributed by atoms with Crippen LogP contribution in [0.25, 0.3) is 0 Å². The average Bonchev–Trinajstić information content (AvgIpc) is 3.00. The molecule has 0 saturated carbocycles. The maximum atomic E-state index is 12.9. The van der Waals surface area contributed by atoms with Crippen molar-refractivity contribution in [2.24, 2.45) is 5.92 Å². The highest BCUT2D eigenvalue weighted by molar-refractivity contribution is 7.86. The quantitative estimate of drug-likeness (QED) is 0.407. The topological polar surface area (TPSA) is 114 Å². The molecule has 1 unspecified atom stereocenters. The standard InChI is InChI=1S/C19H24BN3O4S/c1-12(2)10-22-19(24)8-14-7-15(21)4-6-18(14)28(26)23-16-5-3-13-11-27-20(25)17(13)9-16/h3-7,9,12,23,25H,8,10-11,21H2,1-2H3,(H,22,24). The monoisotopic (exact) mass is 401 g/mol. The van der Waals surface area contributed by atoms with Gasteiger partial charge < -0.3 is 25.5 Å². The van der Waals surface area contributed by atoms with E-state index in [0.717, 1.165) is 5.56 Å². The zero-order valence-corrected chi connectivity index (χ0v) is 16.7. The number of nitrogens with two attached hydrogens (primary N) is 1. The fourth-order valence-corrected chi connectivity index (χ4v) is 3.92. The predicted octanol–water partition coefficient (Wildman–Crippen LogP) is 0.936. The minimum Gasteiger partial charge on any atom is -0.423 e. The van der Waals surface area contributed by atoms with Crippen LogP contribution in [0.15, 0.2) is 41.3 Å². The van der Waals surface area contributed by atoms with E-state index in [2.05, 4.69) is 10.0 Å². The van der Waals surface area contributed by atoms with Crippen molar-refractivity contribution in [2.75, 3.05) is 17.0 Å². The first kappa shape index (κ1) is 20.4. The molecule has 0 radical (unpaired) electrons. The number of amides is 1. The number of carbonyl (C=O) groups excluding carboxylic acids is 1. The van der Waals surface area contributed by atoms with Gasteiger partial charge in [-0.25, -0.2) is 4.21 Å². The van der Waals surface area contributed by atoms with Crippen LogP contribution in [0.4, 0.5) is 11.4 Å². The van der Waals surface area contributed by atoms with Gasteiger partial charge in [-0.1, -0.05) is 19.9 Å². The van der Waals surface area contributed by atoms with Crippen LogP contribution < -0.4 is 21.2 Å². The maximum absolute atomic E-state index is 12.9. The molecule has 2 aromatic carbocycles. The van der Waals surface area contributed by atoms with Crippen LogP contribution >= 0.6 is 0 Å². The van der Waals surface area contributed by atoms with Gasteiger partial charge in [-0.05, 0) is 52.8 Å². The third kappa shape index (κ3) is 4.92. The molecule has 1 atom stereocenters. The summed E-state index contributed by atoms with van der Waals surface area (Å²) >= 11 is 0. The van der Waals surface area contributed by atoms with Gasteiger partial charge in [0, 0.05) is 17.9 Å². The molecule has 0 aliphatic carbocycles. The van der Waals surface area contributed by atoms with Crippen LogP contribution in [0, 0.1) is 5.92 Å². The second kappa shape index (κ2) is 8.77. The lowest BCUT2D eigenvalue weighted by Gasteiger charge is -2.13. The predicted molar refractivity (Wildman–Crippen MR) is 111 cm³/mol. The minimum absolute atomic E-state index is 0.0945. The summed E-state index contributed by atoms with van der Waals surface area (Å²) in [5.74, 6) is 0.203. The van der Waals surface area contributed by atoms with Crippen LogP contribution in [0.2, 0.25) is 0 Å². The molecule has 0 fully saturated rings. The second-order valence-electron chi connectivity index (χ2n) is 7.19. The van der Waals surface area contributed by atoms with Crippen molar-refractivity contribution in [1.29, 1.82) is 0 Å². The second-order valence-corrected chi connectivity index (χ2v) is 8.37. The number of nitrogen functional groups attached to an aromatic ring is 1. The molecular formula is C19H24BN3O4S. The lowest BCUT2D eigenvalue weighted by Crippen LogP contribution is -2.29. The first-order valence-corrected chi connectivity index (χ1v) is 10.2. The molecule has 1 amide bonds. The Labute approximate surface area is 167 Å². The van der Waals surface area contributed by atoms with Crippen molar-refractivity contribution in [2.45, 2.75) is 31.8 Å². The average molecular weight is 401 g/mol. The minimum atomic E-state index is -1.60. The third-order valence-corrected chi connectivity index (χ3v) is 5.58. The molecule has 2 aromatic rings. The Balaban J connectivity index is 1.76. The molecule has 0 spiro atoms. The molecule has 7 nitrogen and oxygen atoms in total. The normalized spacial score (nSPS) is 14.1. The summed E-state index contributed by atoms with van der Waals surface area (Å²) < 4.78 is 21.0. The molecule has 1 aliphatic heterocycles.